The Morgan fingerprint density at radius 3 is 2.43 bits per heavy atom. The number of hydrogen-bond donors (Lipinski definition) is 1. The topological polar surface area (TPSA) is 118 Å². The largest absolute Gasteiger partial charge is 0.382 e. The fourth-order valence-corrected chi connectivity index (χ4v) is 4.26. The minimum absolute atomic E-state index is 0.147. The molecule has 9 nitrogen and oxygen atoms in total. The minimum Gasteiger partial charge on any atom is -0.382 e. The van der Waals surface area contributed by atoms with Crippen LogP contribution in [-0.2, 0) is 9.84 Å². The van der Waals surface area contributed by atoms with Crippen LogP contribution >= 0.6 is 0 Å². The highest BCUT2D eigenvalue weighted by atomic mass is 32.2. The van der Waals surface area contributed by atoms with E-state index in [2.05, 4.69) is 20.2 Å². The van der Waals surface area contributed by atoms with Crippen LogP contribution in [0.3, 0.4) is 0 Å². The average molecular weight is 405 g/mol. The Labute approximate surface area is 163 Å². The van der Waals surface area contributed by atoms with Crippen molar-refractivity contribution in [2.75, 3.05) is 29.6 Å². The molecule has 1 fully saturated rings. The maximum Gasteiger partial charge on any atom is 0.288 e. The van der Waals surface area contributed by atoms with Gasteiger partial charge >= 0.3 is 0 Å². The second-order valence-corrected chi connectivity index (χ2v) is 9.02. The number of hydrogen-bond acceptors (Lipinski definition) is 8. The summed E-state index contributed by atoms with van der Waals surface area (Å²) in [6, 6.07) is 6.25. The number of nitro groups is 1. The molecular weight excluding hydrogens is 382 g/mol. The van der Waals surface area contributed by atoms with E-state index in [1.807, 2.05) is 19.9 Å². The van der Waals surface area contributed by atoms with Crippen molar-refractivity contribution in [2.24, 2.45) is 0 Å². The van der Waals surface area contributed by atoms with Gasteiger partial charge in [0, 0.05) is 48.9 Å². The molecule has 0 saturated carbocycles. The van der Waals surface area contributed by atoms with E-state index in [1.165, 1.54) is 12.1 Å². The first kappa shape index (κ1) is 20.0. The summed E-state index contributed by atoms with van der Waals surface area (Å²) in [4.78, 5) is 21.1. The van der Waals surface area contributed by atoms with E-state index < -0.39 is 20.4 Å². The third kappa shape index (κ3) is 4.56. The van der Waals surface area contributed by atoms with Crippen LogP contribution in [0.15, 0.2) is 29.2 Å². The van der Waals surface area contributed by atoms with Crippen molar-refractivity contribution in [3.05, 3.63) is 45.9 Å². The molecule has 2 heterocycles. The summed E-state index contributed by atoms with van der Waals surface area (Å²) in [7, 11) is -3.70. The number of nitro benzene ring substituents is 1. The monoisotopic (exact) mass is 405 g/mol. The summed E-state index contributed by atoms with van der Waals surface area (Å²) in [5, 5.41) is 14.4. The number of rotatable bonds is 5. The normalized spacial score (nSPS) is 15.5. The van der Waals surface area contributed by atoms with Crippen LogP contribution < -0.4 is 10.2 Å². The Hall–Kier alpha value is -2.75. The van der Waals surface area contributed by atoms with Gasteiger partial charge in [-0.2, -0.15) is 0 Å². The van der Waals surface area contributed by atoms with Gasteiger partial charge in [0.1, 0.15) is 16.5 Å². The van der Waals surface area contributed by atoms with Gasteiger partial charge in [-0.1, -0.05) is 0 Å². The molecule has 0 amide bonds. The van der Waals surface area contributed by atoms with Gasteiger partial charge in [-0.15, -0.1) is 0 Å². The molecular formula is C18H23N5O4S. The van der Waals surface area contributed by atoms with Crippen molar-refractivity contribution in [3.63, 3.8) is 0 Å². The maximum absolute atomic E-state index is 11.9. The molecule has 1 aromatic carbocycles. The van der Waals surface area contributed by atoms with Crippen LogP contribution in [0.5, 0.6) is 0 Å². The Balaban J connectivity index is 1.70. The Bertz CT molecular complexity index is 981. The zero-order valence-electron chi connectivity index (χ0n) is 16.0. The van der Waals surface area contributed by atoms with Crippen LogP contribution in [0.4, 0.5) is 17.2 Å². The van der Waals surface area contributed by atoms with E-state index in [9.17, 15) is 18.5 Å². The number of nitrogens with one attached hydrogen (secondary N) is 1. The second-order valence-electron chi connectivity index (χ2n) is 7.03. The van der Waals surface area contributed by atoms with Crippen molar-refractivity contribution in [2.45, 2.75) is 37.6 Å². The minimum atomic E-state index is -3.70. The molecule has 1 aromatic heterocycles. The molecule has 10 heteroatoms. The number of aromatic nitrogens is 2. The molecule has 1 saturated heterocycles. The third-order valence-corrected chi connectivity index (χ3v) is 5.82. The fraction of sp³-hybridized carbons (Fsp3) is 0.444. The molecule has 1 aliphatic rings. The Morgan fingerprint density at radius 1 is 1.18 bits per heavy atom. The fourth-order valence-electron chi connectivity index (χ4n) is 3.40. The molecule has 1 N–H and O–H groups in total. The van der Waals surface area contributed by atoms with E-state index >= 15 is 0 Å². The summed E-state index contributed by atoms with van der Waals surface area (Å²) in [6.45, 7) is 5.43. The lowest BCUT2D eigenvalue weighted by Crippen LogP contribution is -2.39. The molecule has 2 aromatic rings. The van der Waals surface area contributed by atoms with Crippen molar-refractivity contribution in [1.29, 1.82) is 0 Å². The molecule has 3 rings (SSSR count). The highest BCUT2D eigenvalue weighted by molar-refractivity contribution is 7.90. The number of nitrogens with zero attached hydrogens (tertiary/aromatic N) is 4. The van der Waals surface area contributed by atoms with Crippen molar-refractivity contribution in [1.82, 2.24) is 9.97 Å². The molecule has 28 heavy (non-hydrogen) atoms. The SMILES string of the molecule is Cc1cc(N2CCC(Nc3ccc([N+](=O)[O-])c(S(C)(=O)=O)c3)CC2)nc(C)n1. The molecule has 0 unspecified atom stereocenters. The van der Waals surface area contributed by atoms with E-state index in [-0.39, 0.29) is 10.9 Å². The highest BCUT2D eigenvalue weighted by Crippen LogP contribution is 2.28. The summed E-state index contributed by atoms with van der Waals surface area (Å²) in [6.07, 6.45) is 2.66. The maximum atomic E-state index is 11.9. The summed E-state index contributed by atoms with van der Waals surface area (Å²) >= 11 is 0. The first-order valence-corrected chi connectivity index (χ1v) is 10.8. The van der Waals surface area contributed by atoms with Gasteiger partial charge in [-0.3, -0.25) is 10.1 Å². The van der Waals surface area contributed by atoms with Crippen LogP contribution in [0, 0.1) is 24.0 Å². The van der Waals surface area contributed by atoms with E-state index in [0.717, 1.165) is 49.5 Å². The first-order valence-electron chi connectivity index (χ1n) is 8.96. The van der Waals surface area contributed by atoms with Crippen LogP contribution in [0.2, 0.25) is 0 Å². The zero-order valence-corrected chi connectivity index (χ0v) is 16.9. The standard InChI is InChI=1S/C18H23N5O4S/c1-12-10-18(20-13(2)19-12)22-8-6-14(7-9-22)21-15-4-5-16(23(24)25)17(11-15)28(3,26)27/h4-5,10-11,14,21H,6-9H2,1-3H3. The van der Waals surface area contributed by atoms with E-state index in [1.54, 1.807) is 6.07 Å². The average Bonchev–Trinajstić information content (AvgIpc) is 2.60. The van der Waals surface area contributed by atoms with Crippen LogP contribution in [0.25, 0.3) is 0 Å². The zero-order chi connectivity index (χ0) is 20.5. The number of anilines is 2. The van der Waals surface area contributed by atoms with Gasteiger partial charge in [0.05, 0.1) is 4.92 Å². The number of aryl methyl sites for hydroxylation is 2. The summed E-state index contributed by atoms with van der Waals surface area (Å²) < 4.78 is 23.8. The lowest BCUT2D eigenvalue weighted by atomic mass is 10.0. The van der Waals surface area contributed by atoms with Crippen molar-refractivity contribution >= 4 is 27.0 Å². The lowest BCUT2D eigenvalue weighted by molar-refractivity contribution is -0.387. The predicted octanol–water partition coefficient (Wildman–Crippen LogP) is 2.49. The van der Waals surface area contributed by atoms with Gasteiger partial charge in [0.25, 0.3) is 5.69 Å². The van der Waals surface area contributed by atoms with Gasteiger partial charge in [0.15, 0.2) is 9.84 Å². The molecule has 1 aliphatic heterocycles. The van der Waals surface area contributed by atoms with E-state index in [4.69, 9.17) is 0 Å². The first-order chi connectivity index (χ1) is 13.1. The predicted molar refractivity (Wildman–Crippen MR) is 107 cm³/mol. The third-order valence-electron chi connectivity index (χ3n) is 4.70. The van der Waals surface area contributed by atoms with Crippen molar-refractivity contribution < 1.29 is 13.3 Å². The molecule has 0 spiro atoms. The van der Waals surface area contributed by atoms with E-state index in [0.29, 0.717) is 5.69 Å². The second kappa shape index (κ2) is 7.70. The summed E-state index contributed by atoms with van der Waals surface area (Å²) in [5.41, 5.74) is 1.09. The van der Waals surface area contributed by atoms with Gasteiger partial charge in [0.2, 0.25) is 0 Å². The van der Waals surface area contributed by atoms with Crippen LogP contribution in [-0.4, -0.2) is 48.7 Å². The number of piperidine rings is 1. The molecule has 0 aliphatic carbocycles. The molecule has 150 valence electrons. The Kier molecular flexibility index (Phi) is 5.50. The molecule has 0 atom stereocenters. The number of sulfone groups is 1. The van der Waals surface area contributed by atoms with Gasteiger partial charge < -0.3 is 10.2 Å². The molecule has 0 bridgehead atoms. The highest BCUT2D eigenvalue weighted by Gasteiger charge is 2.24. The quantitative estimate of drug-likeness (QED) is 0.595. The smallest absolute Gasteiger partial charge is 0.288 e. The van der Waals surface area contributed by atoms with Crippen molar-refractivity contribution in [3.8, 4) is 0 Å². The molecule has 0 radical (unpaired) electrons. The number of benzene rings is 1. The summed E-state index contributed by atoms with van der Waals surface area (Å²) in [5.74, 6) is 1.66. The lowest BCUT2D eigenvalue weighted by Gasteiger charge is -2.33. The van der Waals surface area contributed by atoms with Gasteiger partial charge in [-0.25, -0.2) is 18.4 Å². The van der Waals surface area contributed by atoms with Gasteiger partial charge in [-0.05, 0) is 38.8 Å². The Morgan fingerprint density at radius 2 is 1.86 bits per heavy atom. The van der Waals surface area contributed by atoms with Crippen LogP contribution in [0.1, 0.15) is 24.4 Å².